The average Bonchev–Trinajstić information content (AvgIpc) is 3.34. The molecule has 21 nitrogen and oxygen atoms in total. The Morgan fingerprint density at radius 3 is 1.88 bits per heavy atom. The largest absolute Gasteiger partial charge is 0.481 e. The van der Waals surface area contributed by atoms with Crippen molar-refractivity contribution >= 4 is 5.97 Å². The number of fused-ring (bicyclic) bond motifs is 7. The number of hydrogen-bond donors (Lipinski definition) is 12. The summed E-state index contributed by atoms with van der Waals surface area (Å²) >= 11 is 0. The van der Waals surface area contributed by atoms with Gasteiger partial charge in [-0.15, -0.1) is 0 Å². The number of aliphatic hydroxyl groups is 11. The Kier molecular flexibility index (Phi) is 15.8. The standard InChI is InChI=1S/C53H86O21/c1-23-32(57)41(73-44-38(63)36(61)40(28(21-55)70-44)72-43-37(62)35(60)34(59)27(20-54)69-43)39(64)45(68-23)74-42-33(58)26(56)22-67-46(42)71-31-12-13-50(6)29(49(31,4)5)11-14-52(8)30(50)10-9-24-25-19-48(2,3)15-17-53(25,47(65)66)18-16-51(24,52)7/h9,23,25-46,54-64H,10-22H2,1-8H3,(H,65,66)/t23-,25-,26-,27+,28+,29-,30+,31-,32-,33-,34+,35-,36?,37+,38?,39?,40+,41+,42+,43-,44-,45-,46-,50-,51+,52+,53-/m0/s1. The first kappa shape index (κ1) is 57.1. The molecule has 4 saturated heterocycles. The lowest BCUT2D eigenvalue weighted by molar-refractivity contribution is -0.390. The van der Waals surface area contributed by atoms with Crippen LogP contribution >= 0.6 is 0 Å². The lowest BCUT2D eigenvalue weighted by Crippen LogP contribution is -2.67. The average molecular weight is 1060 g/mol. The highest BCUT2D eigenvalue weighted by Crippen LogP contribution is 2.76. The smallest absolute Gasteiger partial charge is 0.310 e. The van der Waals surface area contributed by atoms with Crippen LogP contribution in [0.25, 0.3) is 0 Å². The van der Waals surface area contributed by atoms with E-state index in [-0.39, 0.29) is 40.1 Å². The number of aliphatic hydroxyl groups excluding tert-OH is 11. The Bertz CT molecular complexity index is 2040. The summed E-state index contributed by atoms with van der Waals surface area (Å²) in [5, 5.41) is 130. The number of hydrogen-bond acceptors (Lipinski definition) is 20. The molecule has 0 aromatic carbocycles. The molecule has 4 heterocycles. The van der Waals surface area contributed by atoms with E-state index in [4.69, 9.17) is 37.9 Å². The molecule has 9 rings (SSSR count). The molecule has 4 saturated carbocycles. The highest BCUT2D eigenvalue weighted by atomic mass is 16.8. The van der Waals surface area contributed by atoms with Gasteiger partial charge in [0.05, 0.1) is 37.4 Å². The van der Waals surface area contributed by atoms with Gasteiger partial charge in [-0.3, -0.25) is 4.79 Å². The molecule has 424 valence electrons. The van der Waals surface area contributed by atoms with E-state index in [0.717, 1.165) is 44.9 Å². The number of allylic oxidation sites excluding steroid dienone is 2. The van der Waals surface area contributed by atoms with Crippen LogP contribution in [0.4, 0.5) is 0 Å². The van der Waals surface area contributed by atoms with Crippen molar-refractivity contribution in [2.45, 2.75) is 242 Å². The first-order chi connectivity index (χ1) is 34.6. The van der Waals surface area contributed by atoms with E-state index in [1.54, 1.807) is 0 Å². The van der Waals surface area contributed by atoms with Gasteiger partial charge in [-0.25, -0.2) is 0 Å². The molecular weight excluding hydrogens is 973 g/mol. The molecule has 0 radical (unpaired) electrons. The Balaban J connectivity index is 0.887. The number of carboxylic acids is 1. The van der Waals surface area contributed by atoms with Crippen LogP contribution in [-0.2, 0) is 42.7 Å². The van der Waals surface area contributed by atoms with Gasteiger partial charge in [0, 0.05) is 0 Å². The van der Waals surface area contributed by atoms with Gasteiger partial charge in [0.1, 0.15) is 85.5 Å². The van der Waals surface area contributed by atoms with Crippen LogP contribution in [0.5, 0.6) is 0 Å². The van der Waals surface area contributed by atoms with Gasteiger partial charge >= 0.3 is 5.97 Å². The second kappa shape index (κ2) is 20.5. The van der Waals surface area contributed by atoms with Gasteiger partial charge < -0.3 is 99.2 Å². The molecule has 0 aromatic rings. The summed E-state index contributed by atoms with van der Waals surface area (Å²) in [4.78, 5) is 13.2. The molecule has 27 atom stereocenters. The van der Waals surface area contributed by atoms with E-state index < -0.39 is 153 Å². The number of carboxylic acid groups (broad SMARTS) is 1. The predicted molar refractivity (Wildman–Crippen MR) is 256 cm³/mol. The zero-order valence-corrected chi connectivity index (χ0v) is 44.1. The summed E-state index contributed by atoms with van der Waals surface area (Å²) in [5.74, 6) is -0.101. The number of aliphatic carboxylic acids is 1. The topological polar surface area (TPSA) is 334 Å². The number of ether oxygens (including phenoxy) is 8. The van der Waals surface area contributed by atoms with Gasteiger partial charge in [-0.1, -0.05) is 60.1 Å². The molecule has 8 fully saturated rings. The molecule has 3 unspecified atom stereocenters. The Morgan fingerprint density at radius 2 is 1.22 bits per heavy atom. The normalized spacial score (nSPS) is 54.1. The van der Waals surface area contributed by atoms with E-state index in [1.807, 2.05) is 0 Å². The van der Waals surface area contributed by atoms with Gasteiger partial charge in [0.2, 0.25) is 0 Å². The lowest BCUT2D eigenvalue weighted by Gasteiger charge is -2.71. The zero-order chi connectivity index (χ0) is 54.0. The molecule has 0 aromatic heterocycles. The minimum absolute atomic E-state index is 0.0112. The molecule has 21 heteroatoms. The molecule has 4 aliphatic heterocycles. The quantitative estimate of drug-likeness (QED) is 0.0971. The fraction of sp³-hybridized carbons (Fsp3) is 0.943. The minimum Gasteiger partial charge on any atom is -0.481 e. The maximum Gasteiger partial charge on any atom is 0.310 e. The molecule has 9 aliphatic rings. The van der Waals surface area contributed by atoms with Crippen molar-refractivity contribution in [1.82, 2.24) is 0 Å². The fourth-order valence-electron chi connectivity index (χ4n) is 16.3. The Labute approximate surface area is 433 Å². The van der Waals surface area contributed by atoms with Crippen LogP contribution in [0.15, 0.2) is 11.6 Å². The van der Waals surface area contributed by atoms with E-state index >= 15 is 0 Å². The Hall–Kier alpha value is -1.55. The zero-order valence-electron chi connectivity index (χ0n) is 44.1. The van der Waals surface area contributed by atoms with Crippen LogP contribution in [0.3, 0.4) is 0 Å². The van der Waals surface area contributed by atoms with Crippen molar-refractivity contribution in [2.24, 2.45) is 50.2 Å². The van der Waals surface area contributed by atoms with Crippen molar-refractivity contribution in [3.05, 3.63) is 11.6 Å². The molecule has 0 bridgehead atoms. The summed E-state index contributed by atoms with van der Waals surface area (Å²) in [6.07, 6.45) is -20.7. The van der Waals surface area contributed by atoms with Crippen LogP contribution < -0.4 is 0 Å². The van der Waals surface area contributed by atoms with Crippen molar-refractivity contribution < 1.29 is 104 Å². The van der Waals surface area contributed by atoms with E-state index in [0.29, 0.717) is 25.2 Å². The maximum absolute atomic E-state index is 13.2. The lowest BCUT2D eigenvalue weighted by atomic mass is 9.33. The highest BCUT2D eigenvalue weighted by molar-refractivity contribution is 5.76. The van der Waals surface area contributed by atoms with Gasteiger partial charge in [0.25, 0.3) is 0 Å². The van der Waals surface area contributed by atoms with Crippen LogP contribution in [0, 0.1) is 50.2 Å². The molecule has 0 amide bonds. The third-order valence-electron chi connectivity index (χ3n) is 21.1. The van der Waals surface area contributed by atoms with E-state index in [9.17, 15) is 66.1 Å². The Morgan fingerprint density at radius 1 is 0.608 bits per heavy atom. The summed E-state index contributed by atoms with van der Waals surface area (Å²) in [6, 6.07) is 0. The van der Waals surface area contributed by atoms with Gasteiger partial charge in [-0.05, 0) is 116 Å². The molecule has 0 spiro atoms. The second-order valence-corrected chi connectivity index (χ2v) is 25.8. The monoisotopic (exact) mass is 1060 g/mol. The number of rotatable bonds is 11. The summed E-state index contributed by atoms with van der Waals surface area (Å²) < 4.78 is 48.0. The van der Waals surface area contributed by atoms with E-state index in [1.165, 1.54) is 12.5 Å². The molecule has 12 N–H and O–H groups in total. The predicted octanol–water partition coefficient (Wildman–Crippen LogP) is 0.197. The first-order valence-electron chi connectivity index (χ1n) is 27.1. The van der Waals surface area contributed by atoms with Crippen molar-refractivity contribution in [1.29, 1.82) is 0 Å². The van der Waals surface area contributed by atoms with Crippen LogP contribution in [0.2, 0.25) is 0 Å². The molecule has 74 heavy (non-hydrogen) atoms. The minimum atomic E-state index is -1.99. The van der Waals surface area contributed by atoms with Crippen molar-refractivity contribution in [3.63, 3.8) is 0 Å². The second-order valence-electron chi connectivity index (χ2n) is 25.8. The fourth-order valence-corrected chi connectivity index (χ4v) is 16.3. The van der Waals surface area contributed by atoms with Crippen molar-refractivity contribution in [2.75, 3.05) is 19.8 Å². The maximum atomic E-state index is 13.2. The van der Waals surface area contributed by atoms with Gasteiger partial charge in [-0.2, -0.15) is 0 Å². The summed E-state index contributed by atoms with van der Waals surface area (Å²) in [5.41, 5.74) is -0.0216. The first-order valence-corrected chi connectivity index (χ1v) is 27.1. The van der Waals surface area contributed by atoms with Crippen molar-refractivity contribution in [3.8, 4) is 0 Å². The molecular formula is C53H86O21. The van der Waals surface area contributed by atoms with Crippen LogP contribution in [-0.4, -0.2) is 210 Å². The van der Waals surface area contributed by atoms with Crippen LogP contribution in [0.1, 0.15) is 120 Å². The summed E-state index contributed by atoms with van der Waals surface area (Å²) in [7, 11) is 0. The summed E-state index contributed by atoms with van der Waals surface area (Å²) in [6.45, 7) is 15.9. The SMILES string of the molecule is C[C@@H]1O[C@@H](O[C@H]2[C@H](O[C@H]3CC[C@]4(C)[C@H]5CC=C6[C@@H]7CC(C)(C)CC[C@]7(C(=O)O)CC[C@@]6(C)[C@]5(C)CC[C@H]4C3(C)C)OC[C@H](O)[C@@H]2O)C(O)[C@H](O[C@@H]2O[C@H](CO)[C@@H](O[C@@H]3O[C@H](CO)[C@@H](O)[C@H](O)[C@H]3O)C(O)C2O)[C@H]1O. The third-order valence-corrected chi connectivity index (χ3v) is 21.1. The number of carbonyl (C=O) groups is 1. The van der Waals surface area contributed by atoms with E-state index in [2.05, 4.69) is 54.5 Å². The highest BCUT2D eigenvalue weighted by Gasteiger charge is 2.70. The third kappa shape index (κ3) is 9.17. The molecule has 5 aliphatic carbocycles. The van der Waals surface area contributed by atoms with Gasteiger partial charge in [0.15, 0.2) is 25.2 Å².